The molecular weight excluding hydrogens is 338 g/mol. The van der Waals surface area contributed by atoms with E-state index in [1.165, 1.54) is 0 Å². The molecule has 26 heavy (non-hydrogen) atoms. The minimum atomic E-state index is -2.65. The highest BCUT2D eigenvalue weighted by atomic mass is 19.3. The van der Waals surface area contributed by atoms with Crippen molar-refractivity contribution in [2.24, 2.45) is 0 Å². The lowest BCUT2D eigenvalue weighted by molar-refractivity contribution is -0.0279. The molecule has 0 unspecified atom stereocenters. The highest BCUT2D eigenvalue weighted by Crippen LogP contribution is 2.34. The molecule has 1 aliphatic heterocycles. The Balaban J connectivity index is 1.77. The van der Waals surface area contributed by atoms with Gasteiger partial charge in [-0.25, -0.2) is 18.7 Å². The molecule has 0 aromatic carbocycles. The van der Waals surface area contributed by atoms with Gasteiger partial charge in [-0.05, 0) is 38.1 Å². The van der Waals surface area contributed by atoms with Crippen molar-refractivity contribution in [2.45, 2.75) is 25.9 Å². The van der Waals surface area contributed by atoms with Crippen LogP contribution in [-0.2, 0) is 4.74 Å². The molecule has 0 bridgehead atoms. The van der Waals surface area contributed by atoms with E-state index in [0.717, 1.165) is 10.9 Å². The average molecular weight is 358 g/mol. The number of fused-ring (bicyclic) bond motifs is 1. The van der Waals surface area contributed by atoms with E-state index in [-0.39, 0.29) is 11.3 Å². The van der Waals surface area contributed by atoms with Gasteiger partial charge < -0.3 is 14.6 Å². The number of H-pyrrole nitrogens is 1. The van der Waals surface area contributed by atoms with Gasteiger partial charge >= 0.3 is 0 Å². The molecule has 0 amide bonds. The molecule has 7 heteroatoms. The fraction of sp³-hybridized carbons (Fsp3) is 0.368. The van der Waals surface area contributed by atoms with E-state index in [2.05, 4.69) is 15.0 Å². The van der Waals surface area contributed by atoms with Crippen LogP contribution in [0.4, 0.5) is 14.5 Å². The Bertz CT molecular complexity index is 938. The number of halogens is 2. The SMILES string of the molecule is CC1(C)CN(c2ccc(-c3c[nH]c4ncccc34)nc2C(F)F)CCO1. The van der Waals surface area contributed by atoms with Gasteiger partial charge in [-0.2, -0.15) is 0 Å². The van der Waals surface area contributed by atoms with E-state index in [9.17, 15) is 8.78 Å². The number of morpholine rings is 1. The molecule has 1 saturated heterocycles. The number of hydrogen-bond donors (Lipinski definition) is 1. The summed E-state index contributed by atoms with van der Waals surface area (Å²) >= 11 is 0. The van der Waals surface area contributed by atoms with Crippen LogP contribution in [0.1, 0.15) is 26.0 Å². The molecular formula is C19H20F2N4O. The monoisotopic (exact) mass is 358 g/mol. The van der Waals surface area contributed by atoms with Gasteiger partial charge in [0.2, 0.25) is 0 Å². The van der Waals surface area contributed by atoms with Gasteiger partial charge in [0.05, 0.1) is 23.6 Å². The third-order valence-corrected chi connectivity index (χ3v) is 4.60. The van der Waals surface area contributed by atoms with Crippen LogP contribution in [0.3, 0.4) is 0 Å². The van der Waals surface area contributed by atoms with E-state index >= 15 is 0 Å². The maximum atomic E-state index is 13.8. The molecule has 1 N–H and O–H groups in total. The lowest BCUT2D eigenvalue weighted by Crippen LogP contribution is -2.48. The minimum absolute atomic E-state index is 0.196. The Labute approximate surface area is 150 Å². The zero-order chi connectivity index (χ0) is 18.3. The second-order valence-electron chi connectivity index (χ2n) is 7.03. The number of pyridine rings is 2. The molecule has 0 spiro atoms. The topological polar surface area (TPSA) is 54.0 Å². The highest BCUT2D eigenvalue weighted by Gasteiger charge is 2.30. The standard InChI is InChI=1S/C19H20F2N4O/c1-19(2)11-25(8-9-26-19)15-6-5-14(24-16(15)17(20)21)13-10-23-18-12(13)4-3-7-22-18/h3-7,10,17H,8-9,11H2,1-2H3,(H,22,23). The van der Waals surface area contributed by atoms with Crippen LogP contribution in [0.2, 0.25) is 0 Å². The molecule has 4 heterocycles. The zero-order valence-corrected chi connectivity index (χ0v) is 14.7. The lowest BCUT2D eigenvalue weighted by Gasteiger charge is -2.40. The fourth-order valence-corrected chi connectivity index (χ4v) is 3.44. The van der Waals surface area contributed by atoms with E-state index in [4.69, 9.17) is 4.74 Å². The van der Waals surface area contributed by atoms with Crippen molar-refractivity contribution in [1.29, 1.82) is 0 Å². The number of rotatable bonds is 3. The van der Waals surface area contributed by atoms with Crippen molar-refractivity contribution in [1.82, 2.24) is 15.0 Å². The molecule has 136 valence electrons. The second-order valence-corrected chi connectivity index (χ2v) is 7.03. The predicted octanol–water partition coefficient (Wildman–Crippen LogP) is 4.18. The van der Waals surface area contributed by atoms with Crippen molar-refractivity contribution in [3.63, 3.8) is 0 Å². The zero-order valence-electron chi connectivity index (χ0n) is 14.7. The average Bonchev–Trinajstić information content (AvgIpc) is 3.04. The van der Waals surface area contributed by atoms with Crippen LogP contribution in [0, 0.1) is 0 Å². The highest BCUT2D eigenvalue weighted by molar-refractivity contribution is 5.92. The fourth-order valence-electron chi connectivity index (χ4n) is 3.44. The molecule has 3 aromatic rings. The van der Waals surface area contributed by atoms with Crippen LogP contribution >= 0.6 is 0 Å². The first-order valence-corrected chi connectivity index (χ1v) is 8.55. The quantitative estimate of drug-likeness (QED) is 0.763. The summed E-state index contributed by atoms with van der Waals surface area (Å²) in [5.74, 6) is 0. The van der Waals surface area contributed by atoms with E-state index in [1.807, 2.05) is 30.9 Å². The lowest BCUT2D eigenvalue weighted by atomic mass is 10.1. The van der Waals surface area contributed by atoms with Crippen molar-refractivity contribution >= 4 is 16.7 Å². The summed E-state index contributed by atoms with van der Waals surface area (Å²) in [5, 5.41) is 0.862. The van der Waals surface area contributed by atoms with Gasteiger partial charge in [0.1, 0.15) is 11.3 Å². The van der Waals surface area contributed by atoms with Crippen LogP contribution in [-0.4, -0.2) is 40.2 Å². The molecule has 4 rings (SSSR count). The van der Waals surface area contributed by atoms with E-state index in [1.54, 1.807) is 24.5 Å². The maximum absolute atomic E-state index is 13.8. The summed E-state index contributed by atoms with van der Waals surface area (Å²) in [6.45, 7) is 5.54. The number of alkyl halides is 2. The summed E-state index contributed by atoms with van der Waals surface area (Å²) in [4.78, 5) is 13.5. The largest absolute Gasteiger partial charge is 0.372 e. The Morgan fingerprint density at radius 1 is 1.27 bits per heavy atom. The maximum Gasteiger partial charge on any atom is 0.282 e. The Hall–Kier alpha value is -2.54. The van der Waals surface area contributed by atoms with Gasteiger partial charge in [0.15, 0.2) is 0 Å². The smallest absolute Gasteiger partial charge is 0.282 e. The van der Waals surface area contributed by atoms with E-state index < -0.39 is 6.43 Å². The second kappa shape index (κ2) is 6.32. The van der Waals surface area contributed by atoms with Crippen LogP contribution in [0.5, 0.6) is 0 Å². The first-order valence-electron chi connectivity index (χ1n) is 8.55. The Morgan fingerprint density at radius 3 is 2.88 bits per heavy atom. The molecule has 0 saturated carbocycles. The molecule has 0 aliphatic carbocycles. The molecule has 1 fully saturated rings. The van der Waals surface area contributed by atoms with Gasteiger partial charge in [0.25, 0.3) is 6.43 Å². The van der Waals surface area contributed by atoms with Gasteiger partial charge in [-0.15, -0.1) is 0 Å². The van der Waals surface area contributed by atoms with E-state index in [0.29, 0.717) is 36.7 Å². The summed E-state index contributed by atoms with van der Waals surface area (Å²) in [7, 11) is 0. The predicted molar refractivity (Wildman–Crippen MR) is 96.5 cm³/mol. The number of aromatic nitrogens is 3. The van der Waals surface area contributed by atoms with Gasteiger partial charge in [-0.1, -0.05) is 0 Å². The summed E-state index contributed by atoms with van der Waals surface area (Å²) < 4.78 is 33.2. The number of nitrogens with zero attached hydrogens (tertiary/aromatic N) is 3. The van der Waals surface area contributed by atoms with Crippen molar-refractivity contribution < 1.29 is 13.5 Å². The summed E-state index contributed by atoms with van der Waals surface area (Å²) in [6, 6.07) is 7.24. The molecule has 0 radical (unpaired) electrons. The molecule has 5 nitrogen and oxygen atoms in total. The van der Waals surface area contributed by atoms with Gasteiger partial charge in [0, 0.05) is 36.4 Å². The third-order valence-electron chi connectivity index (χ3n) is 4.60. The summed E-state index contributed by atoms with van der Waals surface area (Å²) in [6.07, 6.45) is 0.788. The summed E-state index contributed by atoms with van der Waals surface area (Å²) in [5.41, 5.74) is 1.89. The first-order chi connectivity index (χ1) is 12.4. The first kappa shape index (κ1) is 16.9. The Kier molecular flexibility index (Phi) is 4.11. The van der Waals surface area contributed by atoms with Crippen LogP contribution in [0.15, 0.2) is 36.7 Å². The van der Waals surface area contributed by atoms with Crippen molar-refractivity contribution in [2.75, 3.05) is 24.6 Å². The van der Waals surface area contributed by atoms with Crippen LogP contribution < -0.4 is 4.90 Å². The normalized spacial score (nSPS) is 17.2. The van der Waals surface area contributed by atoms with Crippen molar-refractivity contribution in [3.8, 4) is 11.3 Å². The van der Waals surface area contributed by atoms with Gasteiger partial charge in [-0.3, -0.25) is 0 Å². The minimum Gasteiger partial charge on any atom is -0.372 e. The molecule has 1 aliphatic rings. The van der Waals surface area contributed by atoms with Crippen molar-refractivity contribution in [3.05, 3.63) is 42.4 Å². The molecule has 0 atom stereocenters. The third kappa shape index (κ3) is 3.03. The number of aromatic amines is 1. The number of nitrogens with one attached hydrogen (secondary N) is 1. The Morgan fingerprint density at radius 2 is 2.12 bits per heavy atom. The number of ether oxygens (including phenoxy) is 1. The molecule has 3 aromatic heterocycles. The number of anilines is 1. The number of hydrogen-bond acceptors (Lipinski definition) is 4. The van der Waals surface area contributed by atoms with Crippen LogP contribution in [0.25, 0.3) is 22.3 Å².